The van der Waals surface area contributed by atoms with Gasteiger partial charge in [0.25, 0.3) is 5.91 Å². The number of halogens is 2. The van der Waals surface area contributed by atoms with Crippen LogP contribution in [0.3, 0.4) is 0 Å². The van der Waals surface area contributed by atoms with Gasteiger partial charge in [-0.3, -0.25) is 4.79 Å². The second-order valence-electron chi connectivity index (χ2n) is 7.11. The fourth-order valence-electron chi connectivity index (χ4n) is 3.49. The summed E-state index contributed by atoms with van der Waals surface area (Å²) in [6.07, 6.45) is 5.22. The Morgan fingerprint density at radius 3 is 2.79 bits per heavy atom. The van der Waals surface area contributed by atoms with E-state index in [0.29, 0.717) is 29.2 Å². The third-order valence-electron chi connectivity index (χ3n) is 4.80. The van der Waals surface area contributed by atoms with Crippen molar-refractivity contribution in [2.45, 2.75) is 38.8 Å². The Morgan fingerprint density at radius 1 is 1.36 bits per heavy atom. The topological polar surface area (TPSA) is 90.2 Å². The van der Waals surface area contributed by atoms with E-state index in [9.17, 15) is 4.79 Å². The minimum absolute atomic E-state index is 0. The van der Waals surface area contributed by atoms with Gasteiger partial charge in [0.15, 0.2) is 11.4 Å². The number of fused-ring (bicyclic) bond motifs is 1. The van der Waals surface area contributed by atoms with Crippen molar-refractivity contribution in [1.82, 2.24) is 19.7 Å². The summed E-state index contributed by atoms with van der Waals surface area (Å²) in [5, 5.41) is 5.21. The van der Waals surface area contributed by atoms with Gasteiger partial charge in [-0.15, -0.1) is 24.8 Å². The lowest BCUT2D eigenvalue weighted by atomic mass is 10.0. The number of piperidine rings is 1. The summed E-state index contributed by atoms with van der Waals surface area (Å²) in [7, 11) is 0. The Bertz CT molecular complexity index is 939. The fraction of sp³-hybridized carbons (Fsp3) is 0.421. The van der Waals surface area contributed by atoms with E-state index in [1.807, 2.05) is 35.6 Å². The van der Waals surface area contributed by atoms with Crippen LogP contribution in [0.5, 0.6) is 0 Å². The quantitative estimate of drug-likeness (QED) is 0.690. The zero-order valence-corrected chi connectivity index (χ0v) is 17.5. The van der Waals surface area contributed by atoms with Gasteiger partial charge in [-0.05, 0) is 44.9 Å². The highest BCUT2D eigenvalue weighted by Crippen LogP contribution is 2.28. The Labute approximate surface area is 176 Å². The van der Waals surface area contributed by atoms with Crippen molar-refractivity contribution >= 4 is 41.8 Å². The first-order chi connectivity index (χ1) is 12.5. The van der Waals surface area contributed by atoms with Gasteiger partial charge in [-0.25, -0.2) is 9.67 Å². The maximum Gasteiger partial charge on any atom is 0.254 e. The molecule has 28 heavy (non-hydrogen) atoms. The monoisotopic (exact) mass is 425 g/mol. The molecule has 0 aromatic carbocycles. The lowest BCUT2D eigenvalue weighted by molar-refractivity contribution is 0.0711. The number of rotatable bonds is 3. The summed E-state index contributed by atoms with van der Waals surface area (Å²) in [5.74, 6) is 0.608. The Morgan fingerprint density at radius 2 is 2.14 bits per heavy atom. The van der Waals surface area contributed by atoms with Crippen molar-refractivity contribution in [1.29, 1.82) is 0 Å². The predicted molar refractivity (Wildman–Crippen MR) is 113 cm³/mol. The third kappa shape index (κ3) is 4.01. The van der Waals surface area contributed by atoms with Gasteiger partial charge in [0.2, 0.25) is 0 Å². The van der Waals surface area contributed by atoms with E-state index in [4.69, 9.17) is 15.1 Å². The average molecular weight is 426 g/mol. The first-order valence-electron chi connectivity index (χ1n) is 9.01. The SMILES string of the molecule is CC(C)n1ncc2c(C(=O)N3CCCC(N)C3)cc(-c3ccco3)nc21.Cl.Cl. The van der Waals surface area contributed by atoms with Crippen molar-refractivity contribution in [3.63, 3.8) is 0 Å². The molecule has 1 saturated heterocycles. The Hall–Kier alpha value is -2.09. The molecule has 9 heteroatoms. The highest BCUT2D eigenvalue weighted by atomic mass is 35.5. The first-order valence-corrected chi connectivity index (χ1v) is 9.01. The Kier molecular flexibility index (Phi) is 7.09. The molecule has 1 aliphatic heterocycles. The van der Waals surface area contributed by atoms with Crippen LogP contribution >= 0.6 is 24.8 Å². The van der Waals surface area contributed by atoms with Crippen LogP contribution in [0.15, 0.2) is 35.1 Å². The molecule has 1 atom stereocenters. The smallest absolute Gasteiger partial charge is 0.254 e. The summed E-state index contributed by atoms with van der Waals surface area (Å²) in [4.78, 5) is 19.8. The molecule has 0 saturated carbocycles. The van der Waals surface area contributed by atoms with Gasteiger partial charge in [-0.1, -0.05) is 0 Å². The van der Waals surface area contributed by atoms with Gasteiger partial charge in [0, 0.05) is 25.2 Å². The minimum Gasteiger partial charge on any atom is -0.463 e. The molecule has 3 aromatic rings. The molecule has 0 bridgehead atoms. The van der Waals surface area contributed by atoms with Crippen LogP contribution in [0, 0.1) is 0 Å². The zero-order valence-electron chi connectivity index (χ0n) is 15.9. The molecule has 2 N–H and O–H groups in total. The molecule has 1 aliphatic rings. The minimum atomic E-state index is -0.0244. The molecule has 4 heterocycles. The van der Waals surface area contributed by atoms with Crippen LogP contribution in [-0.2, 0) is 0 Å². The number of aromatic nitrogens is 3. The van der Waals surface area contributed by atoms with Crippen molar-refractivity contribution in [2.24, 2.45) is 5.73 Å². The Balaban J connectivity index is 0.00000140. The lowest BCUT2D eigenvalue weighted by Gasteiger charge is -2.31. The van der Waals surface area contributed by atoms with Crippen LogP contribution < -0.4 is 5.73 Å². The second-order valence-corrected chi connectivity index (χ2v) is 7.11. The summed E-state index contributed by atoms with van der Waals surface area (Å²) < 4.78 is 7.34. The highest BCUT2D eigenvalue weighted by molar-refractivity contribution is 6.06. The number of carbonyl (C=O) groups is 1. The molecule has 0 aliphatic carbocycles. The predicted octanol–water partition coefficient (Wildman–Crippen LogP) is 3.68. The van der Waals surface area contributed by atoms with Gasteiger partial charge in [0.05, 0.1) is 23.4 Å². The number of furan rings is 1. The number of pyridine rings is 1. The number of nitrogens with zero attached hydrogens (tertiary/aromatic N) is 4. The van der Waals surface area contributed by atoms with Gasteiger partial charge >= 0.3 is 0 Å². The zero-order chi connectivity index (χ0) is 18.3. The summed E-state index contributed by atoms with van der Waals surface area (Å²) >= 11 is 0. The summed E-state index contributed by atoms with van der Waals surface area (Å²) in [5.41, 5.74) is 7.99. The molecule has 1 amide bonds. The standard InChI is InChI=1S/C19H23N5O2.2ClH/c1-12(2)24-18-15(10-21-24)14(9-16(22-18)17-6-4-8-26-17)19(25)23-7-3-5-13(20)11-23;;/h4,6,8-10,12-13H,3,5,7,11,20H2,1-2H3;2*1H. The van der Waals surface area contributed by atoms with Gasteiger partial charge in [-0.2, -0.15) is 5.10 Å². The highest BCUT2D eigenvalue weighted by Gasteiger charge is 2.26. The van der Waals surface area contributed by atoms with E-state index in [-0.39, 0.29) is 42.8 Å². The van der Waals surface area contributed by atoms with E-state index in [0.717, 1.165) is 24.8 Å². The summed E-state index contributed by atoms with van der Waals surface area (Å²) in [6.45, 7) is 5.39. The molecular formula is C19H25Cl2N5O2. The van der Waals surface area contributed by atoms with Crippen molar-refractivity contribution in [3.8, 4) is 11.5 Å². The van der Waals surface area contributed by atoms with Gasteiger partial charge in [0.1, 0.15) is 5.69 Å². The maximum atomic E-state index is 13.2. The number of hydrogen-bond donors (Lipinski definition) is 1. The molecular weight excluding hydrogens is 401 g/mol. The van der Waals surface area contributed by atoms with E-state index < -0.39 is 0 Å². The number of hydrogen-bond acceptors (Lipinski definition) is 5. The van der Waals surface area contributed by atoms with E-state index in [1.54, 1.807) is 18.5 Å². The second kappa shape index (κ2) is 8.94. The van der Waals surface area contributed by atoms with Gasteiger partial charge < -0.3 is 15.1 Å². The fourth-order valence-corrected chi connectivity index (χ4v) is 3.49. The van der Waals surface area contributed by atoms with Crippen LogP contribution in [0.4, 0.5) is 0 Å². The molecule has 1 unspecified atom stereocenters. The molecule has 152 valence electrons. The largest absolute Gasteiger partial charge is 0.463 e. The molecule has 4 rings (SSSR count). The van der Waals surface area contributed by atoms with E-state index in [2.05, 4.69) is 5.10 Å². The first kappa shape index (κ1) is 22.2. The number of amides is 1. The molecule has 7 nitrogen and oxygen atoms in total. The molecule has 0 radical (unpaired) electrons. The molecule has 0 spiro atoms. The molecule has 3 aromatic heterocycles. The van der Waals surface area contributed by atoms with Crippen LogP contribution in [-0.4, -0.2) is 44.7 Å². The van der Waals surface area contributed by atoms with Crippen molar-refractivity contribution < 1.29 is 9.21 Å². The van der Waals surface area contributed by atoms with E-state index in [1.165, 1.54) is 0 Å². The van der Waals surface area contributed by atoms with Crippen molar-refractivity contribution in [3.05, 3.63) is 36.2 Å². The lowest BCUT2D eigenvalue weighted by Crippen LogP contribution is -2.45. The van der Waals surface area contributed by atoms with Crippen molar-refractivity contribution in [2.75, 3.05) is 13.1 Å². The number of nitrogens with two attached hydrogens (primary N) is 1. The van der Waals surface area contributed by atoms with Crippen LogP contribution in [0.2, 0.25) is 0 Å². The normalized spacial score (nSPS) is 16.7. The summed E-state index contributed by atoms with van der Waals surface area (Å²) in [6, 6.07) is 5.63. The number of carbonyl (C=O) groups excluding carboxylic acids is 1. The van der Waals surface area contributed by atoms with Crippen LogP contribution in [0.1, 0.15) is 43.1 Å². The maximum absolute atomic E-state index is 13.2. The number of likely N-dealkylation sites (tertiary alicyclic amines) is 1. The third-order valence-corrected chi connectivity index (χ3v) is 4.80. The van der Waals surface area contributed by atoms with E-state index >= 15 is 0 Å². The molecule has 1 fully saturated rings. The average Bonchev–Trinajstić information content (AvgIpc) is 3.29. The van der Waals surface area contributed by atoms with Crippen LogP contribution in [0.25, 0.3) is 22.5 Å².